The van der Waals surface area contributed by atoms with Gasteiger partial charge in [-0.05, 0) is 50.5 Å². The molecule has 3 rings (SSSR count). The van der Waals surface area contributed by atoms with Crippen LogP contribution in [0, 0.1) is 12.8 Å². The minimum Gasteiger partial charge on any atom is -0.497 e. The highest BCUT2D eigenvalue weighted by molar-refractivity contribution is 7.89. The summed E-state index contributed by atoms with van der Waals surface area (Å²) in [7, 11) is -2.05. The number of piperidine rings is 1. The standard InChI is InChI=1S/C19H26N4O4S/c1-4-22-13-16(12-20-22)21-19(24)15-7-9-23(10-8-15)28(25,26)18-6-5-17(27-3)11-14(18)2/h5-6,11-13,15H,4,7-10H2,1-3H3,(H,21,24). The summed E-state index contributed by atoms with van der Waals surface area (Å²) in [6.45, 7) is 5.10. The van der Waals surface area contributed by atoms with E-state index in [0.717, 1.165) is 6.54 Å². The van der Waals surface area contributed by atoms with Gasteiger partial charge in [0.15, 0.2) is 0 Å². The van der Waals surface area contributed by atoms with Crippen molar-refractivity contribution in [2.24, 2.45) is 5.92 Å². The van der Waals surface area contributed by atoms with E-state index in [-0.39, 0.29) is 16.7 Å². The molecule has 1 aromatic carbocycles. The first kappa shape index (κ1) is 20.3. The molecular formula is C19H26N4O4S. The molecule has 1 saturated heterocycles. The first-order valence-electron chi connectivity index (χ1n) is 9.33. The molecule has 2 heterocycles. The van der Waals surface area contributed by atoms with Crippen molar-refractivity contribution >= 4 is 21.6 Å². The Morgan fingerprint density at radius 1 is 1.32 bits per heavy atom. The number of aryl methyl sites for hydroxylation is 2. The summed E-state index contributed by atoms with van der Waals surface area (Å²) in [6, 6.07) is 4.94. The number of rotatable bonds is 6. The minimum atomic E-state index is -3.59. The van der Waals surface area contributed by atoms with E-state index in [0.29, 0.717) is 42.9 Å². The molecule has 0 unspecified atom stereocenters. The predicted octanol–water partition coefficient (Wildman–Crippen LogP) is 2.26. The number of benzene rings is 1. The first-order chi connectivity index (χ1) is 13.3. The molecule has 2 aromatic rings. The maximum absolute atomic E-state index is 13.0. The maximum atomic E-state index is 13.0. The Morgan fingerprint density at radius 2 is 2.04 bits per heavy atom. The van der Waals surface area contributed by atoms with E-state index in [4.69, 9.17) is 4.74 Å². The van der Waals surface area contributed by atoms with Crippen molar-refractivity contribution in [2.75, 3.05) is 25.5 Å². The molecule has 28 heavy (non-hydrogen) atoms. The van der Waals surface area contributed by atoms with Crippen LogP contribution in [-0.4, -0.2) is 48.6 Å². The smallest absolute Gasteiger partial charge is 0.243 e. The number of anilines is 1. The molecular weight excluding hydrogens is 380 g/mol. The van der Waals surface area contributed by atoms with E-state index in [1.54, 1.807) is 49.3 Å². The van der Waals surface area contributed by atoms with E-state index < -0.39 is 10.0 Å². The number of nitrogens with one attached hydrogen (secondary N) is 1. The SMILES string of the molecule is CCn1cc(NC(=O)C2CCN(S(=O)(=O)c3ccc(OC)cc3C)CC2)cn1. The van der Waals surface area contributed by atoms with Crippen LogP contribution >= 0.6 is 0 Å². The fraction of sp³-hybridized carbons (Fsp3) is 0.474. The van der Waals surface area contributed by atoms with E-state index >= 15 is 0 Å². The first-order valence-corrected chi connectivity index (χ1v) is 10.8. The van der Waals surface area contributed by atoms with Crippen molar-refractivity contribution in [1.82, 2.24) is 14.1 Å². The number of carbonyl (C=O) groups is 1. The second-order valence-corrected chi connectivity index (χ2v) is 8.79. The van der Waals surface area contributed by atoms with Crippen molar-refractivity contribution in [3.8, 4) is 5.75 Å². The lowest BCUT2D eigenvalue weighted by atomic mass is 9.97. The number of hydrogen-bond acceptors (Lipinski definition) is 5. The van der Waals surface area contributed by atoms with Crippen molar-refractivity contribution < 1.29 is 17.9 Å². The van der Waals surface area contributed by atoms with Gasteiger partial charge >= 0.3 is 0 Å². The van der Waals surface area contributed by atoms with E-state index in [1.165, 1.54) is 4.31 Å². The second-order valence-electron chi connectivity index (χ2n) is 6.88. The number of methoxy groups -OCH3 is 1. The van der Waals surface area contributed by atoms with Gasteiger partial charge in [-0.2, -0.15) is 9.40 Å². The summed E-state index contributed by atoms with van der Waals surface area (Å²) < 4.78 is 34.3. The lowest BCUT2D eigenvalue weighted by molar-refractivity contribution is -0.120. The van der Waals surface area contributed by atoms with E-state index in [9.17, 15) is 13.2 Å². The number of carbonyl (C=O) groups excluding carboxylic acids is 1. The van der Waals surface area contributed by atoms with Crippen LogP contribution in [0.4, 0.5) is 5.69 Å². The largest absolute Gasteiger partial charge is 0.497 e. The van der Waals surface area contributed by atoms with Crippen LogP contribution in [0.25, 0.3) is 0 Å². The van der Waals surface area contributed by atoms with Gasteiger partial charge < -0.3 is 10.1 Å². The Bertz CT molecular complexity index is 947. The van der Waals surface area contributed by atoms with Crippen molar-refractivity contribution in [1.29, 1.82) is 0 Å². The number of hydrogen-bond donors (Lipinski definition) is 1. The third-order valence-corrected chi connectivity index (χ3v) is 7.11. The Kier molecular flexibility index (Phi) is 6.04. The Labute approximate surface area is 165 Å². The van der Waals surface area contributed by atoms with Crippen LogP contribution in [0.2, 0.25) is 0 Å². The van der Waals surface area contributed by atoms with E-state index in [1.807, 2.05) is 6.92 Å². The highest BCUT2D eigenvalue weighted by atomic mass is 32.2. The average molecular weight is 407 g/mol. The molecule has 0 radical (unpaired) electrons. The van der Waals surface area contributed by atoms with Crippen molar-refractivity contribution in [2.45, 2.75) is 38.1 Å². The third-order valence-electron chi connectivity index (χ3n) is 5.05. The molecule has 1 aromatic heterocycles. The average Bonchev–Trinajstić information content (AvgIpc) is 3.15. The van der Waals surface area contributed by atoms with Gasteiger partial charge in [0.2, 0.25) is 15.9 Å². The molecule has 9 heteroatoms. The number of ether oxygens (including phenoxy) is 1. The number of aromatic nitrogens is 2. The monoisotopic (exact) mass is 406 g/mol. The lowest BCUT2D eigenvalue weighted by Gasteiger charge is -2.30. The van der Waals surface area contributed by atoms with Gasteiger partial charge in [-0.3, -0.25) is 9.48 Å². The Balaban J connectivity index is 1.63. The predicted molar refractivity (Wildman–Crippen MR) is 106 cm³/mol. The molecule has 1 N–H and O–H groups in total. The zero-order chi connectivity index (χ0) is 20.3. The number of sulfonamides is 1. The molecule has 1 aliphatic rings. The second kappa shape index (κ2) is 8.32. The fourth-order valence-corrected chi connectivity index (χ4v) is 5.06. The van der Waals surface area contributed by atoms with Crippen LogP contribution in [0.15, 0.2) is 35.5 Å². The topological polar surface area (TPSA) is 93.5 Å². The summed E-state index contributed by atoms with van der Waals surface area (Å²) in [5.41, 5.74) is 1.31. The van der Waals surface area contributed by atoms with Gasteiger partial charge in [-0.25, -0.2) is 8.42 Å². The minimum absolute atomic E-state index is 0.0895. The Morgan fingerprint density at radius 3 is 2.61 bits per heavy atom. The van der Waals surface area contributed by atoms with Crippen LogP contribution in [0.3, 0.4) is 0 Å². The van der Waals surface area contributed by atoms with Gasteiger partial charge in [-0.1, -0.05) is 0 Å². The molecule has 0 atom stereocenters. The lowest BCUT2D eigenvalue weighted by Crippen LogP contribution is -2.41. The Hall–Kier alpha value is -2.39. The van der Waals surface area contributed by atoms with Gasteiger partial charge in [0.1, 0.15) is 5.75 Å². The third kappa shape index (κ3) is 4.20. The molecule has 1 fully saturated rings. The zero-order valence-electron chi connectivity index (χ0n) is 16.4. The fourth-order valence-electron chi connectivity index (χ4n) is 3.38. The van der Waals surface area contributed by atoms with Gasteiger partial charge in [-0.15, -0.1) is 0 Å². The molecule has 0 saturated carbocycles. The van der Waals surface area contributed by atoms with Gasteiger partial charge in [0.25, 0.3) is 0 Å². The molecule has 0 bridgehead atoms. The summed E-state index contributed by atoms with van der Waals surface area (Å²) >= 11 is 0. The summed E-state index contributed by atoms with van der Waals surface area (Å²) in [5.74, 6) is 0.319. The van der Waals surface area contributed by atoms with E-state index in [2.05, 4.69) is 10.4 Å². The summed E-state index contributed by atoms with van der Waals surface area (Å²) in [6.07, 6.45) is 4.38. The summed E-state index contributed by atoms with van der Waals surface area (Å²) in [4.78, 5) is 12.8. The van der Waals surface area contributed by atoms with Crippen LogP contribution in [0.5, 0.6) is 5.75 Å². The summed E-state index contributed by atoms with van der Waals surface area (Å²) in [5, 5.41) is 7.01. The van der Waals surface area contributed by atoms with Gasteiger partial charge in [0.05, 0.1) is 23.9 Å². The molecule has 1 amide bonds. The van der Waals surface area contributed by atoms with Crippen LogP contribution < -0.4 is 10.1 Å². The van der Waals surface area contributed by atoms with Crippen molar-refractivity contribution in [3.05, 3.63) is 36.2 Å². The van der Waals surface area contributed by atoms with Gasteiger partial charge in [0, 0.05) is 31.7 Å². The normalized spacial score (nSPS) is 16.1. The zero-order valence-corrected chi connectivity index (χ0v) is 17.2. The molecule has 152 valence electrons. The molecule has 0 spiro atoms. The quantitative estimate of drug-likeness (QED) is 0.794. The van der Waals surface area contributed by atoms with Crippen LogP contribution in [-0.2, 0) is 21.4 Å². The maximum Gasteiger partial charge on any atom is 0.243 e. The van der Waals surface area contributed by atoms with Crippen LogP contribution in [0.1, 0.15) is 25.3 Å². The molecule has 8 nitrogen and oxygen atoms in total. The number of nitrogens with zero attached hydrogens (tertiary/aromatic N) is 3. The highest BCUT2D eigenvalue weighted by Gasteiger charge is 2.33. The number of amides is 1. The molecule has 1 aliphatic heterocycles. The highest BCUT2D eigenvalue weighted by Crippen LogP contribution is 2.28. The molecule has 0 aliphatic carbocycles. The van der Waals surface area contributed by atoms with Crippen molar-refractivity contribution in [3.63, 3.8) is 0 Å².